The molecule has 0 aliphatic carbocycles. The lowest BCUT2D eigenvalue weighted by molar-refractivity contribution is -0.131. The average molecular weight is 352 g/mol. The van der Waals surface area contributed by atoms with Gasteiger partial charge in [0.15, 0.2) is 11.5 Å². The van der Waals surface area contributed by atoms with Gasteiger partial charge in [-0.25, -0.2) is 9.59 Å². The van der Waals surface area contributed by atoms with Crippen molar-refractivity contribution in [3.05, 3.63) is 77.2 Å². The first-order valence-electron chi connectivity index (χ1n) is 7.75. The first-order valence-corrected chi connectivity index (χ1v) is 7.75. The Morgan fingerprint density at radius 3 is 2.23 bits per heavy atom. The van der Waals surface area contributed by atoms with Crippen LogP contribution >= 0.6 is 0 Å². The molecule has 0 unspecified atom stereocenters. The minimum Gasteiger partial charge on any atom is -0.496 e. The van der Waals surface area contributed by atoms with Crippen molar-refractivity contribution < 1.29 is 28.9 Å². The third-order valence-corrected chi connectivity index (χ3v) is 3.92. The molecule has 1 N–H and O–H groups in total. The number of methoxy groups -OCH3 is 2. The van der Waals surface area contributed by atoms with Crippen LogP contribution in [0.1, 0.15) is 11.1 Å². The molecule has 0 saturated heterocycles. The Morgan fingerprint density at radius 1 is 0.962 bits per heavy atom. The van der Waals surface area contributed by atoms with E-state index in [0.717, 1.165) is 0 Å². The van der Waals surface area contributed by atoms with Crippen LogP contribution in [0.25, 0.3) is 11.1 Å². The van der Waals surface area contributed by atoms with E-state index in [1.807, 2.05) is 6.07 Å². The normalized spacial score (nSPS) is 15.5. The summed E-state index contributed by atoms with van der Waals surface area (Å²) >= 11 is 0. The van der Waals surface area contributed by atoms with E-state index in [2.05, 4.69) is 0 Å². The first-order chi connectivity index (χ1) is 12.6. The number of carboxylic acid groups (broad SMARTS) is 1. The van der Waals surface area contributed by atoms with Crippen molar-refractivity contribution in [2.75, 3.05) is 14.2 Å². The minimum absolute atomic E-state index is 0.0736. The predicted molar refractivity (Wildman–Crippen MR) is 94.0 cm³/mol. The molecule has 2 aromatic rings. The topological polar surface area (TPSA) is 82.1 Å². The van der Waals surface area contributed by atoms with Gasteiger partial charge in [-0.2, -0.15) is 0 Å². The van der Waals surface area contributed by atoms with Crippen molar-refractivity contribution in [3.8, 4) is 5.75 Å². The molecule has 0 radical (unpaired) electrons. The van der Waals surface area contributed by atoms with E-state index in [9.17, 15) is 14.7 Å². The molecule has 6 heteroatoms. The van der Waals surface area contributed by atoms with Gasteiger partial charge in [-0.1, -0.05) is 48.5 Å². The Hall–Kier alpha value is -3.54. The van der Waals surface area contributed by atoms with E-state index in [0.29, 0.717) is 11.3 Å². The number of ether oxygens (including phenoxy) is 3. The molecule has 132 valence electrons. The van der Waals surface area contributed by atoms with Gasteiger partial charge in [0.25, 0.3) is 0 Å². The molecule has 0 saturated carbocycles. The molecule has 1 heterocycles. The molecule has 0 fully saturated rings. The zero-order valence-electron chi connectivity index (χ0n) is 14.2. The summed E-state index contributed by atoms with van der Waals surface area (Å²) in [7, 11) is 2.80. The second-order valence-corrected chi connectivity index (χ2v) is 5.37. The zero-order chi connectivity index (χ0) is 18.7. The van der Waals surface area contributed by atoms with Crippen LogP contribution in [-0.2, 0) is 19.1 Å². The molecule has 3 rings (SSSR count). The Morgan fingerprint density at radius 2 is 1.62 bits per heavy atom. The molecule has 2 aromatic carbocycles. The van der Waals surface area contributed by atoms with Crippen LogP contribution in [0.4, 0.5) is 0 Å². The van der Waals surface area contributed by atoms with Crippen molar-refractivity contribution >= 4 is 23.1 Å². The maximum atomic E-state index is 12.4. The molecule has 26 heavy (non-hydrogen) atoms. The van der Waals surface area contributed by atoms with Crippen molar-refractivity contribution in [2.45, 2.75) is 0 Å². The van der Waals surface area contributed by atoms with E-state index >= 15 is 0 Å². The van der Waals surface area contributed by atoms with Crippen LogP contribution in [0.2, 0.25) is 0 Å². The van der Waals surface area contributed by atoms with Gasteiger partial charge < -0.3 is 19.3 Å². The van der Waals surface area contributed by atoms with Crippen molar-refractivity contribution in [3.63, 3.8) is 0 Å². The Bertz CT molecular complexity index is 924. The Labute approximate surface area is 149 Å². The monoisotopic (exact) mass is 352 g/mol. The first kappa shape index (κ1) is 17.3. The van der Waals surface area contributed by atoms with E-state index in [1.54, 1.807) is 48.5 Å². The summed E-state index contributed by atoms with van der Waals surface area (Å²) in [6.45, 7) is 0. The number of rotatable bonds is 5. The van der Waals surface area contributed by atoms with Crippen LogP contribution in [0.5, 0.6) is 5.75 Å². The van der Waals surface area contributed by atoms with Crippen LogP contribution < -0.4 is 4.74 Å². The lowest BCUT2D eigenvalue weighted by Gasteiger charge is -2.12. The number of benzene rings is 2. The average Bonchev–Trinajstić information content (AvgIpc) is 2.98. The number of hydrogen-bond acceptors (Lipinski definition) is 5. The summed E-state index contributed by atoms with van der Waals surface area (Å²) in [6.07, 6.45) is 0. The number of esters is 1. The number of carbonyl (C=O) groups is 2. The highest BCUT2D eigenvalue weighted by Gasteiger charge is 2.37. The Kier molecular flexibility index (Phi) is 4.75. The number of hydrogen-bond donors (Lipinski definition) is 1. The summed E-state index contributed by atoms with van der Waals surface area (Å²) in [5.74, 6) is -1.66. The van der Waals surface area contributed by atoms with Gasteiger partial charge in [0.1, 0.15) is 16.9 Å². The highest BCUT2D eigenvalue weighted by Crippen LogP contribution is 2.39. The molecular weight excluding hydrogens is 336 g/mol. The number of cyclic esters (lactones) is 1. The fraction of sp³-hybridized carbons (Fsp3) is 0.100. The smallest absolute Gasteiger partial charge is 0.348 e. The largest absolute Gasteiger partial charge is 0.496 e. The molecule has 1 aliphatic rings. The maximum absolute atomic E-state index is 12.4. The summed E-state index contributed by atoms with van der Waals surface area (Å²) in [4.78, 5) is 24.4. The SMILES string of the molecule is COC1=C(c2ccccc2)C(=O)O/C1=C(/C(=O)O)c1ccccc1OC. The molecular formula is C20H16O6. The van der Waals surface area contributed by atoms with Gasteiger partial charge in [0.2, 0.25) is 0 Å². The van der Waals surface area contributed by atoms with Gasteiger partial charge in [0.05, 0.1) is 14.2 Å². The summed E-state index contributed by atoms with van der Waals surface area (Å²) in [6, 6.07) is 15.4. The van der Waals surface area contributed by atoms with Crippen molar-refractivity contribution in [1.82, 2.24) is 0 Å². The fourth-order valence-electron chi connectivity index (χ4n) is 2.80. The summed E-state index contributed by atoms with van der Waals surface area (Å²) < 4.78 is 15.9. The number of carboxylic acids is 1. The van der Waals surface area contributed by atoms with Gasteiger partial charge in [-0.05, 0) is 11.6 Å². The fourth-order valence-corrected chi connectivity index (χ4v) is 2.80. The number of carbonyl (C=O) groups excluding carboxylic acids is 1. The van der Waals surface area contributed by atoms with Crippen molar-refractivity contribution in [2.24, 2.45) is 0 Å². The highest BCUT2D eigenvalue weighted by atomic mass is 16.6. The van der Waals surface area contributed by atoms with Crippen molar-refractivity contribution in [1.29, 1.82) is 0 Å². The highest BCUT2D eigenvalue weighted by molar-refractivity contribution is 6.25. The lowest BCUT2D eigenvalue weighted by atomic mass is 10.0. The second-order valence-electron chi connectivity index (χ2n) is 5.37. The van der Waals surface area contributed by atoms with Crippen LogP contribution in [-0.4, -0.2) is 31.3 Å². The second kappa shape index (κ2) is 7.14. The molecule has 0 aromatic heterocycles. The standard InChI is InChI=1S/C20H16O6/c1-24-14-11-7-6-10-13(14)16(19(21)22)18-17(25-2)15(20(23)26-18)12-8-4-3-5-9-12/h3-11H,1-2H3,(H,21,22)/b18-16+. The van der Waals surface area contributed by atoms with E-state index < -0.39 is 11.9 Å². The van der Waals surface area contributed by atoms with Gasteiger partial charge in [0, 0.05) is 5.56 Å². The molecule has 0 atom stereocenters. The molecule has 0 spiro atoms. The molecule has 1 aliphatic heterocycles. The molecule has 6 nitrogen and oxygen atoms in total. The Balaban J connectivity index is 2.29. The number of para-hydroxylation sites is 1. The zero-order valence-corrected chi connectivity index (χ0v) is 14.2. The number of aliphatic carboxylic acids is 1. The summed E-state index contributed by atoms with van der Waals surface area (Å²) in [5, 5.41) is 9.78. The van der Waals surface area contributed by atoms with Gasteiger partial charge in [-0.3, -0.25) is 0 Å². The molecule has 0 amide bonds. The van der Waals surface area contributed by atoms with Crippen LogP contribution in [0.3, 0.4) is 0 Å². The van der Waals surface area contributed by atoms with Crippen LogP contribution in [0.15, 0.2) is 66.1 Å². The lowest BCUT2D eigenvalue weighted by Crippen LogP contribution is -2.08. The van der Waals surface area contributed by atoms with Gasteiger partial charge >= 0.3 is 11.9 Å². The predicted octanol–water partition coefficient (Wildman–Crippen LogP) is 3.11. The maximum Gasteiger partial charge on any atom is 0.348 e. The van der Waals surface area contributed by atoms with E-state index in [-0.39, 0.29) is 28.2 Å². The quantitative estimate of drug-likeness (QED) is 0.658. The summed E-state index contributed by atoms with van der Waals surface area (Å²) in [5.41, 5.74) is 0.832. The van der Waals surface area contributed by atoms with E-state index in [1.165, 1.54) is 14.2 Å². The minimum atomic E-state index is -1.26. The van der Waals surface area contributed by atoms with Crippen LogP contribution in [0, 0.1) is 0 Å². The third kappa shape index (κ3) is 2.93. The van der Waals surface area contributed by atoms with E-state index in [4.69, 9.17) is 14.2 Å². The third-order valence-electron chi connectivity index (χ3n) is 3.92. The molecule has 0 bridgehead atoms. The van der Waals surface area contributed by atoms with Gasteiger partial charge in [-0.15, -0.1) is 0 Å².